The predicted octanol–water partition coefficient (Wildman–Crippen LogP) is 2.21. The minimum Gasteiger partial charge on any atom is -0.460 e. The van der Waals surface area contributed by atoms with Gasteiger partial charge in [0.25, 0.3) is 0 Å². The molecule has 1 atom stereocenters. The standard InChI is InChI=1S/C13H21N3O/c1-4-10(3)17-13-15-9(2)7-12(16-13)8-14-11-5-6-11/h7,10-11,14H,4-6,8H2,1-3H3. The van der Waals surface area contributed by atoms with Gasteiger partial charge in [-0.15, -0.1) is 0 Å². The number of nitrogens with one attached hydrogen (secondary N) is 1. The van der Waals surface area contributed by atoms with Crippen LogP contribution in [0.15, 0.2) is 6.07 Å². The molecule has 0 spiro atoms. The van der Waals surface area contributed by atoms with Crippen LogP contribution in [0.25, 0.3) is 0 Å². The Balaban J connectivity index is 1.99. The molecule has 0 aliphatic heterocycles. The molecule has 0 bridgehead atoms. The van der Waals surface area contributed by atoms with Crippen molar-refractivity contribution in [3.8, 4) is 6.01 Å². The molecule has 0 amide bonds. The average Bonchev–Trinajstić information content (AvgIpc) is 3.09. The Morgan fingerprint density at radius 2 is 2.24 bits per heavy atom. The molecule has 17 heavy (non-hydrogen) atoms. The molecule has 1 aliphatic rings. The first-order valence-corrected chi connectivity index (χ1v) is 6.42. The molecule has 0 aromatic carbocycles. The molecule has 1 fully saturated rings. The van der Waals surface area contributed by atoms with Gasteiger partial charge in [-0.3, -0.25) is 0 Å². The van der Waals surface area contributed by atoms with Gasteiger partial charge in [0.15, 0.2) is 0 Å². The van der Waals surface area contributed by atoms with Gasteiger partial charge in [-0.25, -0.2) is 4.98 Å². The van der Waals surface area contributed by atoms with Gasteiger partial charge in [-0.05, 0) is 39.2 Å². The Kier molecular flexibility index (Phi) is 3.94. The summed E-state index contributed by atoms with van der Waals surface area (Å²) in [5, 5.41) is 3.45. The molecule has 1 N–H and O–H groups in total. The Labute approximate surface area is 103 Å². The zero-order valence-electron chi connectivity index (χ0n) is 10.9. The van der Waals surface area contributed by atoms with Crippen molar-refractivity contribution in [1.29, 1.82) is 0 Å². The summed E-state index contributed by atoms with van der Waals surface area (Å²) in [5.74, 6) is 0. The molecule has 1 aromatic rings. The lowest BCUT2D eigenvalue weighted by Crippen LogP contribution is -2.18. The van der Waals surface area contributed by atoms with E-state index >= 15 is 0 Å². The lowest BCUT2D eigenvalue weighted by Gasteiger charge is -2.12. The molecular weight excluding hydrogens is 214 g/mol. The van der Waals surface area contributed by atoms with Gasteiger partial charge in [0.05, 0.1) is 11.8 Å². The largest absolute Gasteiger partial charge is 0.460 e. The van der Waals surface area contributed by atoms with E-state index in [9.17, 15) is 0 Å². The highest BCUT2D eigenvalue weighted by atomic mass is 16.5. The third-order valence-corrected chi connectivity index (χ3v) is 2.92. The molecule has 1 unspecified atom stereocenters. The van der Waals surface area contributed by atoms with Crippen molar-refractivity contribution in [2.24, 2.45) is 0 Å². The second-order valence-electron chi connectivity index (χ2n) is 4.78. The van der Waals surface area contributed by atoms with E-state index in [0.29, 0.717) is 12.1 Å². The van der Waals surface area contributed by atoms with Gasteiger partial charge >= 0.3 is 6.01 Å². The second kappa shape index (κ2) is 5.45. The summed E-state index contributed by atoms with van der Waals surface area (Å²) >= 11 is 0. The van der Waals surface area contributed by atoms with E-state index in [1.807, 2.05) is 19.9 Å². The quantitative estimate of drug-likeness (QED) is 0.821. The topological polar surface area (TPSA) is 47.0 Å². The van der Waals surface area contributed by atoms with E-state index in [1.54, 1.807) is 0 Å². The van der Waals surface area contributed by atoms with Gasteiger partial charge in [-0.2, -0.15) is 4.98 Å². The number of hydrogen-bond acceptors (Lipinski definition) is 4. The van der Waals surface area contributed by atoms with E-state index in [0.717, 1.165) is 24.4 Å². The van der Waals surface area contributed by atoms with Crippen molar-refractivity contribution in [2.75, 3.05) is 0 Å². The fourth-order valence-corrected chi connectivity index (χ4v) is 1.55. The van der Waals surface area contributed by atoms with Crippen molar-refractivity contribution in [3.63, 3.8) is 0 Å². The monoisotopic (exact) mass is 235 g/mol. The van der Waals surface area contributed by atoms with Crippen molar-refractivity contribution < 1.29 is 4.74 Å². The van der Waals surface area contributed by atoms with Gasteiger partial charge in [0, 0.05) is 18.3 Å². The first kappa shape index (κ1) is 12.3. The minimum atomic E-state index is 0.168. The predicted molar refractivity (Wildman–Crippen MR) is 67.0 cm³/mol. The van der Waals surface area contributed by atoms with E-state index < -0.39 is 0 Å². The molecule has 94 valence electrons. The van der Waals surface area contributed by atoms with Crippen LogP contribution in [-0.2, 0) is 6.54 Å². The summed E-state index contributed by atoms with van der Waals surface area (Å²) < 4.78 is 5.66. The number of ether oxygens (including phenoxy) is 1. The zero-order valence-corrected chi connectivity index (χ0v) is 10.9. The summed E-state index contributed by atoms with van der Waals surface area (Å²) in [6.07, 6.45) is 3.72. The Morgan fingerprint density at radius 1 is 1.47 bits per heavy atom. The molecule has 4 nitrogen and oxygen atoms in total. The number of nitrogens with zero attached hydrogens (tertiary/aromatic N) is 2. The highest BCUT2D eigenvalue weighted by molar-refractivity contribution is 5.13. The van der Waals surface area contributed by atoms with Crippen molar-refractivity contribution >= 4 is 0 Å². The Morgan fingerprint density at radius 3 is 2.88 bits per heavy atom. The maximum absolute atomic E-state index is 5.66. The van der Waals surface area contributed by atoms with Crippen LogP contribution >= 0.6 is 0 Å². The van der Waals surface area contributed by atoms with Crippen LogP contribution in [0.5, 0.6) is 6.01 Å². The summed E-state index contributed by atoms with van der Waals surface area (Å²) in [7, 11) is 0. The van der Waals surface area contributed by atoms with Crippen LogP contribution < -0.4 is 10.1 Å². The molecule has 4 heteroatoms. The second-order valence-corrected chi connectivity index (χ2v) is 4.78. The Hall–Kier alpha value is -1.16. The van der Waals surface area contributed by atoms with E-state index in [-0.39, 0.29) is 6.10 Å². The summed E-state index contributed by atoms with van der Waals surface area (Å²) in [6.45, 7) is 6.92. The molecular formula is C13H21N3O. The van der Waals surface area contributed by atoms with Gasteiger partial charge < -0.3 is 10.1 Å². The fourth-order valence-electron chi connectivity index (χ4n) is 1.55. The smallest absolute Gasteiger partial charge is 0.317 e. The average molecular weight is 235 g/mol. The lowest BCUT2D eigenvalue weighted by molar-refractivity contribution is 0.198. The van der Waals surface area contributed by atoms with Gasteiger partial charge in [0.2, 0.25) is 0 Å². The molecule has 1 saturated carbocycles. The summed E-state index contributed by atoms with van der Waals surface area (Å²) in [4.78, 5) is 8.73. The number of rotatable bonds is 6. The molecule has 0 saturated heterocycles. The van der Waals surface area contributed by atoms with Crippen LogP contribution in [0.1, 0.15) is 44.5 Å². The first-order chi connectivity index (χ1) is 8.17. The normalized spacial score (nSPS) is 16.9. The molecule has 1 aliphatic carbocycles. The molecule has 2 rings (SSSR count). The molecule has 1 aromatic heterocycles. The number of aryl methyl sites for hydroxylation is 1. The highest BCUT2D eigenvalue weighted by Crippen LogP contribution is 2.19. The first-order valence-electron chi connectivity index (χ1n) is 6.42. The maximum atomic E-state index is 5.66. The van der Waals surface area contributed by atoms with Gasteiger partial charge in [-0.1, -0.05) is 6.92 Å². The van der Waals surface area contributed by atoms with Crippen LogP contribution in [0.3, 0.4) is 0 Å². The van der Waals surface area contributed by atoms with Crippen molar-refractivity contribution in [1.82, 2.24) is 15.3 Å². The third-order valence-electron chi connectivity index (χ3n) is 2.92. The van der Waals surface area contributed by atoms with Crippen LogP contribution in [0.2, 0.25) is 0 Å². The van der Waals surface area contributed by atoms with E-state index in [4.69, 9.17) is 4.74 Å². The third kappa shape index (κ3) is 3.97. The molecule has 0 radical (unpaired) electrons. The minimum absolute atomic E-state index is 0.168. The number of hydrogen-bond donors (Lipinski definition) is 1. The van der Waals surface area contributed by atoms with E-state index in [1.165, 1.54) is 12.8 Å². The highest BCUT2D eigenvalue weighted by Gasteiger charge is 2.20. The fraction of sp³-hybridized carbons (Fsp3) is 0.692. The van der Waals surface area contributed by atoms with Crippen molar-refractivity contribution in [3.05, 3.63) is 17.5 Å². The SMILES string of the molecule is CCC(C)Oc1nc(C)cc(CNC2CC2)n1. The van der Waals surface area contributed by atoms with Crippen LogP contribution in [0.4, 0.5) is 0 Å². The lowest BCUT2D eigenvalue weighted by atomic mass is 10.3. The van der Waals surface area contributed by atoms with Crippen LogP contribution in [0, 0.1) is 6.92 Å². The summed E-state index contributed by atoms with van der Waals surface area (Å²) in [5.41, 5.74) is 1.98. The van der Waals surface area contributed by atoms with E-state index in [2.05, 4.69) is 22.2 Å². The number of aromatic nitrogens is 2. The maximum Gasteiger partial charge on any atom is 0.317 e. The van der Waals surface area contributed by atoms with Crippen LogP contribution in [-0.4, -0.2) is 22.1 Å². The summed E-state index contributed by atoms with van der Waals surface area (Å²) in [6, 6.07) is 3.22. The zero-order chi connectivity index (χ0) is 12.3. The molecule has 1 heterocycles. The Bertz CT molecular complexity index is 377. The van der Waals surface area contributed by atoms with Crippen molar-refractivity contribution in [2.45, 2.75) is 58.7 Å². The van der Waals surface area contributed by atoms with Gasteiger partial charge in [0.1, 0.15) is 0 Å².